The molecule has 1 aliphatic rings. The van der Waals surface area contributed by atoms with E-state index in [-0.39, 0.29) is 11.6 Å². The molecule has 1 saturated heterocycles. The van der Waals surface area contributed by atoms with Crippen molar-refractivity contribution in [1.82, 2.24) is 10.2 Å². The third-order valence-corrected chi connectivity index (χ3v) is 3.21. The van der Waals surface area contributed by atoms with Crippen molar-refractivity contribution in [2.75, 3.05) is 20.1 Å². The van der Waals surface area contributed by atoms with Gasteiger partial charge in [-0.1, -0.05) is 0 Å². The molecule has 0 aliphatic carbocycles. The van der Waals surface area contributed by atoms with Crippen molar-refractivity contribution in [3.8, 4) is 0 Å². The molecule has 1 heterocycles. The molecule has 0 radical (unpaired) electrons. The fourth-order valence-electron chi connectivity index (χ4n) is 2.27. The third kappa shape index (κ3) is 3.48. The first kappa shape index (κ1) is 12.5. The minimum absolute atomic E-state index is 0.344. The lowest BCUT2D eigenvalue weighted by molar-refractivity contribution is 0.226. The van der Waals surface area contributed by atoms with E-state index < -0.39 is 0 Å². The van der Waals surface area contributed by atoms with Gasteiger partial charge in [0.2, 0.25) is 0 Å². The Morgan fingerprint density at radius 3 is 3.00 bits per heavy atom. The summed E-state index contributed by atoms with van der Waals surface area (Å²) in [6.07, 6.45) is 2.25. The molecule has 0 amide bonds. The van der Waals surface area contributed by atoms with E-state index in [0.717, 1.165) is 32.0 Å². The highest BCUT2D eigenvalue weighted by molar-refractivity contribution is 5.18. The van der Waals surface area contributed by atoms with Crippen LogP contribution in [0.2, 0.25) is 0 Å². The lowest BCUT2D eigenvalue weighted by atomic mass is 10.1. The average Bonchev–Trinajstić information content (AvgIpc) is 2.30. The first-order valence-corrected chi connectivity index (χ1v) is 6.01. The highest BCUT2D eigenvalue weighted by Gasteiger charge is 2.16. The van der Waals surface area contributed by atoms with E-state index >= 15 is 0 Å². The molecule has 2 nitrogen and oxygen atoms in total. The third-order valence-electron chi connectivity index (χ3n) is 3.21. The van der Waals surface area contributed by atoms with Gasteiger partial charge in [-0.05, 0) is 44.6 Å². The Morgan fingerprint density at radius 1 is 1.41 bits per heavy atom. The highest BCUT2D eigenvalue weighted by atomic mass is 19.1. The van der Waals surface area contributed by atoms with Crippen LogP contribution >= 0.6 is 0 Å². The maximum absolute atomic E-state index is 13.4. The molecule has 0 spiro atoms. The number of likely N-dealkylation sites (N-methyl/N-ethyl adjacent to an activating group) is 1. The second-order valence-electron chi connectivity index (χ2n) is 4.72. The largest absolute Gasteiger partial charge is 0.309 e. The van der Waals surface area contributed by atoms with Crippen molar-refractivity contribution in [3.63, 3.8) is 0 Å². The number of nitrogens with one attached hydrogen (secondary N) is 1. The lowest BCUT2D eigenvalue weighted by Gasteiger charge is -2.30. The first-order valence-electron chi connectivity index (χ1n) is 6.01. The maximum Gasteiger partial charge on any atom is 0.127 e. The van der Waals surface area contributed by atoms with Gasteiger partial charge >= 0.3 is 0 Å². The van der Waals surface area contributed by atoms with E-state index in [9.17, 15) is 8.78 Å². The molecule has 4 heteroatoms. The van der Waals surface area contributed by atoms with Gasteiger partial charge in [0.1, 0.15) is 11.6 Å². The quantitative estimate of drug-likeness (QED) is 0.871. The minimum Gasteiger partial charge on any atom is -0.309 e. The van der Waals surface area contributed by atoms with Crippen LogP contribution in [0, 0.1) is 11.6 Å². The topological polar surface area (TPSA) is 15.3 Å². The van der Waals surface area contributed by atoms with Gasteiger partial charge in [-0.15, -0.1) is 0 Å². The molecule has 1 aliphatic heterocycles. The second kappa shape index (κ2) is 5.56. The number of hydrogen-bond acceptors (Lipinski definition) is 2. The molecule has 1 fully saturated rings. The minimum atomic E-state index is -0.385. The van der Waals surface area contributed by atoms with Crippen LogP contribution in [0.1, 0.15) is 18.4 Å². The molecule has 1 unspecified atom stereocenters. The number of nitrogens with zero attached hydrogens (tertiary/aromatic N) is 1. The van der Waals surface area contributed by atoms with Crippen LogP contribution in [0.4, 0.5) is 8.78 Å². The Kier molecular flexibility index (Phi) is 4.07. The van der Waals surface area contributed by atoms with Gasteiger partial charge in [-0.25, -0.2) is 8.78 Å². The predicted octanol–water partition coefficient (Wildman–Crippen LogP) is 2.15. The Bertz CT molecular complexity index is 382. The maximum atomic E-state index is 13.4. The summed E-state index contributed by atoms with van der Waals surface area (Å²) in [5, 5.41) is 3.29. The number of benzene rings is 1. The van der Waals surface area contributed by atoms with Gasteiger partial charge < -0.3 is 10.2 Å². The summed E-state index contributed by atoms with van der Waals surface area (Å²) in [7, 11) is 2.08. The second-order valence-corrected chi connectivity index (χ2v) is 4.72. The number of halogens is 2. The monoisotopic (exact) mass is 240 g/mol. The normalized spacial score (nSPS) is 21.7. The van der Waals surface area contributed by atoms with E-state index in [1.165, 1.54) is 12.1 Å². The Morgan fingerprint density at radius 2 is 2.24 bits per heavy atom. The zero-order chi connectivity index (χ0) is 12.3. The van der Waals surface area contributed by atoms with Crippen LogP contribution < -0.4 is 5.32 Å². The molecule has 1 atom stereocenters. The number of likely N-dealkylation sites (tertiary alicyclic amines) is 1. The standard InChI is InChI=1S/C13H18F2N2/c1-17-6-2-3-12(9-17)16-8-10-7-11(14)4-5-13(10)15/h4-5,7,12,16H,2-3,6,8-9H2,1H3. The van der Waals surface area contributed by atoms with E-state index in [1.807, 2.05) is 0 Å². The van der Waals surface area contributed by atoms with Gasteiger partial charge in [0.25, 0.3) is 0 Å². The van der Waals surface area contributed by atoms with Gasteiger partial charge in [-0.2, -0.15) is 0 Å². The van der Waals surface area contributed by atoms with Crippen molar-refractivity contribution in [1.29, 1.82) is 0 Å². The SMILES string of the molecule is CN1CCCC(NCc2cc(F)ccc2F)C1. The lowest BCUT2D eigenvalue weighted by Crippen LogP contribution is -2.43. The summed E-state index contributed by atoms with van der Waals surface area (Å²) in [5.41, 5.74) is 0.401. The zero-order valence-corrected chi connectivity index (χ0v) is 10.0. The van der Waals surface area contributed by atoms with E-state index in [2.05, 4.69) is 17.3 Å². The fraction of sp³-hybridized carbons (Fsp3) is 0.538. The van der Waals surface area contributed by atoms with Crippen molar-refractivity contribution in [3.05, 3.63) is 35.4 Å². The molecule has 17 heavy (non-hydrogen) atoms. The molecular formula is C13H18F2N2. The van der Waals surface area contributed by atoms with Crippen molar-refractivity contribution in [2.45, 2.75) is 25.4 Å². The van der Waals surface area contributed by atoms with Crippen LogP contribution in [0.3, 0.4) is 0 Å². The van der Waals surface area contributed by atoms with Crippen LogP contribution in [0.5, 0.6) is 0 Å². The molecule has 0 saturated carbocycles. The van der Waals surface area contributed by atoms with Gasteiger partial charge in [0.05, 0.1) is 0 Å². The summed E-state index contributed by atoms with van der Waals surface area (Å²) in [4.78, 5) is 2.25. The summed E-state index contributed by atoms with van der Waals surface area (Å²) >= 11 is 0. The molecule has 1 aromatic rings. The Labute approximate surface area is 101 Å². The van der Waals surface area contributed by atoms with E-state index in [1.54, 1.807) is 0 Å². The number of rotatable bonds is 3. The highest BCUT2D eigenvalue weighted by Crippen LogP contribution is 2.12. The number of hydrogen-bond donors (Lipinski definition) is 1. The van der Waals surface area contributed by atoms with Crippen molar-refractivity contribution >= 4 is 0 Å². The molecular weight excluding hydrogens is 222 g/mol. The van der Waals surface area contributed by atoms with Gasteiger partial charge in [-0.3, -0.25) is 0 Å². The van der Waals surface area contributed by atoms with E-state index in [4.69, 9.17) is 0 Å². The Hall–Kier alpha value is -1.00. The molecule has 0 aromatic heterocycles. The first-order chi connectivity index (χ1) is 8.15. The van der Waals surface area contributed by atoms with Crippen LogP contribution in [0.25, 0.3) is 0 Å². The predicted molar refractivity (Wildman–Crippen MR) is 63.7 cm³/mol. The van der Waals surface area contributed by atoms with Crippen molar-refractivity contribution in [2.24, 2.45) is 0 Å². The molecule has 94 valence electrons. The van der Waals surface area contributed by atoms with Crippen molar-refractivity contribution < 1.29 is 8.78 Å². The average molecular weight is 240 g/mol. The molecule has 0 bridgehead atoms. The summed E-state index contributed by atoms with van der Waals surface area (Å²) in [6, 6.07) is 3.96. The number of piperidine rings is 1. The summed E-state index contributed by atoms with van der Waals surface area (Å²) in [5.74, 6) is -0.730. The molecule has 2 rings (SSSR count). The zero-order valence-electron chi connectivity index (χ0n) is 10.0. The molecule has 1 aromatic carbocycles. The summed E-state index contributed by atoms with van der Waals surface area (Å²) < 4.78 is 26.4. The van der Waals surface area contributed by atoms with Gasteiger partial charge in [0.15, 0.2) is 0 Å². The molecule has 1 N–H and O–H groups in total. The Balaban J connectivity index is 1.90. The van der Waals surface area contributed by atoms with E-state index in [0.29, 0.717) is 18.2 Å². The fourth-order valence-corrected chi connectivity index (χ4v) is 2.27. The van der Waals surface area contributed by atoms with Crippen LogP contribution in [-0.4, -0.2) is 31.1 Å². The van der Waals surface area contributed by atoms with Crippen LogP contribution in [0.15, 0.2) is 18.2 Å². The summed E-state index contributed by atoms with van der Waals surface area (Å²) in [6.45, 7) is 2.48. The smallest absolute Gasteiger partial charge is 0.127 e. The van der Waals surface area contributed by atoms with Gasteiger partial charge in [0, 0.05) is 24.7 Å². The van der Waals surface area contributed by atoms with Crippen LogP contribution in [-0.2, 0) is 6.54 Å².